The lowest BCUT2D eigenvalue weighted by Crippen LogP contribution is -2.11. The van der Waals surface area contributed by atoms with Gasteiger partial charge in [0.25, 0.3) is 0 Å². The third-order valence-electron chi connectivity index (χ3n) is 2.60. The van der Waals surface area contributed by atoms with E-state index in [1.54, 1.807) is 6.07 Å². The zero-order valence-electron chi connectivity index (χ0n) is 10.9. The predicted molar refractivity (Wildman–Crippen MR) is 67.1 cm³/mol. The van der Waals surface area contributed by atoms with Gasteiger partial charge in [-0.15, -0.1) is 0 Å². The Hall–Kier alpha value is -1.42. The number of hydrogen-bond donors (Lipinski definition) is 1. The number of carbonyl (C=O) groups is 1. The number of ether oxygens (including phenoxy) is 1. The van der Waals surface area contributed by atoms with Gasteiger partial charge in [-0.05, 0) is 37.0 Å². The highest BCUT2D eigenvalue weighted by Crippen LogP contribution is 2.14. The SMILES string of the molecule is CC(C)CC(C)OCc1ccc(F)c(C(=O)O)c1. The van der Waals surface area contributed by atoms with Gasteiger partial charge in [0.1, 0.15) is 5.82 Å². The minimum Gasteiger partial charge on any atom is -0.478 e. The second-order valence-corrected chi connectivity index (χ2v) is 4.87. The normalized spacial score (nSPS) is 12.7. The molecular formula is C14H19FO3. The van der Waals surface area contributed by atoms with Crippen LogP contribution in [0.5, 0.6) is 0 Å². The standard InChI is InChI=1S/C14H19FO3/c1-9(2)6-10(3)18-8-11-4-5-13(15)12(7-11)14(16)17/h4-5,7,9-10H,6,8H2,1-3H3,(H,16,17). The maximum atomic E-state index is 13.2. The molecule has 0 bridgehead atoms. The fourth-order valence-electron chi connectivity index (χ4n) is 1.80. The molecule has 1 N–H and O–H groups in total. The zero-order chi connectivity index (χ0) is 13.7. The topological polar surface area (TPSA) is 46.5 Å². The molecule has 4 heteroatoms. The fourth-order valence-corrected chi connectivity index (χ4v) is 1.80. The minimum absolute atomic E-state index is 0.100. The summed E-state index contributed by atoms with van der Waals surface area (Å²) < 4.78 is 18.8. The summed E-state index contributed by atoms with van der Waals surface area (Å²) in [5, 5.41) is 8.81. The van der Waals surface area contributed by atoms with E-state index in [9.17, 15) is 9.18 Å². The van der Waals surface area contributed by atoms with E-state index in [2.05, 4.69) is 13.8 Å². The summed E-state index contributed by atoms with van der Waals surface area (Å²) in [6.45, 7) is 6.50. The highest BCUT2D eigenvalue weighted by Gasteiger charge is 2.11. The van der Waals surface area contributed by atoms with E-state index >= 15 is 0 Å². The Labute approximate surface area is 107 Å². The summed E-state index contributed by atoms with van der Waals surface area (Å²) in [4.78, 5) is 10.8. The van der Waals surface area contributed by atoms with Crippen LogP contribution in [-0.4, -0.2) is 17.2 Å². The van der Waals surface area contributed by atoms with Gasteiger partial charge in [0.2, 0.25) is 0 Å². The Morgan fingerprint density at radius 3 is 2.61 bits per heavy atom. The van der Waals surface area contributed by atoms with Gasteiger partial charge in [-0.3, -0.25) is 0 Å². The molecule has 0 saturated carbocycles. The number of rotatable bonds is 6. The van der Waals surface area contributed by atoms with Crippen LogP contribution in [0, 0.1) is 11.7 Å². The highest BCUT2D eigenvalue weighted by atomic mass is 19.1. The van der Waals surface area contributed by atoms with Crippen molar-refractivity contribution < 1.29 is 19.0 Å². The smallest absolute Gasteiger partial charge is 0.338 e. The average Bonchev–Trinajstić information content (AvgIpc) is 2.26. The Kier molecular flexibility index (Phi) is 5.28. The molecule has 1 aromatic rings. The Morgan fingerprint density at radius 2 is 2.06 bits per heavy atom. The van der Waals surface area contributed by atoms with Gasteiger partial charge in [-0.25, -0.2) is 9.18 Å². The molecule has 0 amide bonds. The van der Waals surface area contributed by atoms with Gasteiger partial charge in [-0.1, -0.05) is 19.9 Å². The van der Waals surface area contributed by atoms with Gasteiger partial charge >= 0.3 is 5.97 Å². The number of carboxylic acids is 1. The maximum absolute atomic E-state index is 13.2. The van der Waals surface area contributed by atoms with Crippen LogP contribution >= 0.6 is 0 Å². The lowest BCUT2D eigenvalue weighted by Gasteiger charge is -2.15. The predicted octanol–water partition coefficient (Wildman–Crippen LogP) is 3.48. The molecule has 0 fully saturated rings. The van der Waals surface area contributed by atoms with Crippen molar-refractivity contribution in [3.05, 3.63) is 35.1 Å². The van der Waals surface area contributed by atoms with E-state index in [4.69, 9.17) is 9.84 Å². The minimum atomic E-state index is -1.26. The van der Waals surface area contributed by atoms with Crippen molar-refractivity contribution in [2.75, 3.05) is 0 Å². The average molecular weight is 254 g/mol. The summed E-state index contributed by atoms with van der Waals surface area (Å²) in [6, 6.07) is 4.03. The first-order chi connectivity index (χ1) is 8.40. The molecule has 1 unspecified atom stereocenters. The molecule has 1 rings (SSSR count). The lowest BCUT2D eigenvalue weighted by molar-refractivity contribution is 0.0396. The lowest BCUT2D eigenvalue weighted by atomic mass is 10.1. The van der Waals surface area contributed by atoms with Crippen molar-refractivity contribution in [3.8, 4) is 0 Å². The quantitative estimate of drug-likeness (QED) is 0.845. The molecule has 0 saturated heterocycles. The monoisotopic (exact) mass is 254 g/mol. The van der Waals surface area contributed by atoms with Crippen LogP contribution in [-0.2, 0) is 11.3 Å². The van der Waals surface area contributed by atoms with Crippen LogP contribution in [0.25, 0.3) is 0 Å². The summed E-state index contributed by atoms with van der Waals surface area (Å²) in [7, 11) is 0. The molecule has 0 aliphatic rings. The van der Waals surface area contributed by atoms with Gasteiger partial charge in [0, 0.05) is 0 Å². The highest BCUT2D eigenvalue weighted by molar-refractivity contribution is 5.88. The van der Waals surface area contributed by atoms with E-state index < -0.39 is 11.8 Å². The number of aromatic carboxylic acids is 1. The van der Waals surface area contributed by atoms with Crippen molar-refractivity contribution in [1.82, 2.24) is 0 Å². The van der Waals surface area contributed by atoms with Gasteiger partial charge < -0.3 is 9.84 Å². The molecule has 0 aliphatic carbocycles. The second kappa shape index (κ2) is 6.50. The van der Waals surface area contributed by atoms with Gasteiger partial charge in [-0.2, -0.15) is 0 Å². The Bertz CT molecular complexity index is 416. The largest absolute Gasteiger partial charge is 0.478 e. The van der Waals surface area contributed by atoms with E-state index in [0.717, 1.165) is 12.5 Å². The van der Waals surface area contributed by atoms with Crippen molar-refractivity contribution in [3.63, 3.8) is 0 Å². The van der Waals surface area contributed by atoms with E-state index in [-0.39, 0.29) is 11.7 Å². The van der Waals surface area contributed by atoms with Crippen LogP contribution in [0.3, 0.4) is 0 Å². The molecular weight excluding hydrogens is 235 g/mol. The van der Waals surface area contributed by atoms with E-state index in [1.807, 2.05) is 6.92 Å². The van der Waals surface area contributed by atoms with E-state index in [1.165, 1.54) is 6.07 Å². The molecule has 0 radical (unpaired) electrons. The molecule has 0 aromatic heterocycles. The zero-order valence-corrected chi connectivity index (χ0v) is 10.9. The molecule has 1 aromatic carbocycles. The summed E-state index contributed by atoms with van der Waals surface area (Å²) >= 11 is 0. The second-order valence-electron chi connectivity index (χ2n) is 4.87. The fraction of sp³-hybridized carbons (Fsp3) is 0.500. The van der Waals surface area contributed by atoms with Crippen molar-refractivity contribution in [2.45, 2.75) is 39.9 Å². The number of halogens is 1. The Morgan fingerprint density at radius 1 is 1.39 bits per heavy atom. The molecule has 0 spiro atoms. The van der Waals surface area contributed by atoms with Crippen molar-refractivity contribution in [1.29, 1.82) is 0 Å². The third kappa shape index (κ3) is 4.45. The molecule has 0 heterocycles. The first-order valence-corrected chi connectivity index (χ1v) is 6.03. The first kappa shape index (κ1) is 14.6. The van der Waals surface area contributed by atoms with Crippen molar-refractivity contribution >= 4 is 5.97 Å². The summed E-state index contributed by atoms with van der Waals surface area (Å²) in [5.74, 6) is -1.44. The molecule has 100 valence electrons. The number of carboxylic acid groups (broad SMARTS) is 1. The molecule has 3 nitrogen and oxygen atoms in total. The molecule has 1 atom stereocenters. The van der Waals surface area contributed by atoms with Crippen LogP contribution in [0.2, 0.25) is 0 Å². The van der Waals surface area contributed by atoms with Crippen LogP contribution in [0.4, 0.5) is 4.39 Å². The maximum Gasteiger partial charge on any atom is 0.338 e. The third-order valence-corrected chi connectivity index (χ3v) is 2.60. The van der Waals surface area contributed by atoms with Crippen LogP contribution < -0.4 is 0 Å². The number of hydrogen-bond acceptors (Lipinski definition) is 2. The van der Waals surface area contributed by atoms with Crippen LogP contribution in [0.15, 0.2) is 18.2 Å². The first-order valence-electron chi connectivity index (χ1n) is 6.03. The molecule has 18 heavy (non-hydrogen) atoms. The molecule has 0 aliphatic heterocycles. The van der Waals surface area contributed by atoms with Gasteiger partial charge in [0.15, 0.2) is 0 Å². The summed E-state index contributed by atoms with van der Waals surface area (Å²) in [6.07, 6.45) is 1.04. The van der Waals surface area contributed by atoms with Crippen LogP contribution in [0.1, 0.15) is 43.1 Å². The van der Waals surface area contributed by atoms with Gasteiger partial charge in [0.05, 0.1) is 18.3 Å². The van der Waals surface area contributed by atoms with Crippen molar-refractivity contribution in [2.24, 2.45) is 5.92 Å². The van der Waals surface area contributed by atoms with E-state index in [0.29, 0.717) is 18.1 Å². The number of benzene rings is 1. The Balaban J connectivity index is 2.63. The summed E-state index contributed by atoms with van der Waals surface area (Å²) in [5.41, 5.74) is 0.358.